The molecule has 6 aromatic rings. The predicted molar refractivity (Wildman–Crippen MR) is 237 cm³/mol. The van der Waals surface area contributed by atoms with E-state index < -0.39 is 83.3 Å². The number of ether oxygens (including phenoxy) is 3. The van der Waals surface area contributed by atoms with Gasteiger partial charge in [0.15, 0.2) is 17.1 Å². The molecule has 5 aromatic carbocycles. The first kappa shape index (κ1) is 52.4. The van der Waals surface area contributed by atoms with Gasteiger partial charge in [-0.15, -0.1) is 39.4 Å². The summed E-state index contributed by atoms with van der Waals surface area (Å²) in [6.07, 6.45) is 0. The average molecular weight is 1050 g/mol. The van der Waals surface area contributed by atoms with E-state index in [0.717, 1.165) is 35.0 Å². The van der Waals surface area contributed by atoms with Gasteiger partial charge in [-0.25, -0.2) is 20.0 Å². The number of phenols is 1. The number of hydrogen-bond acceptors (Lipinski definition) is 26. The van der Waals surface area contributed by atoms with Crippen LogP contribution in [0, 0.1) is 0 Å². The summed E-state index contributed by atoms with van der Waals surface area (Å²) in [4.78, 5) is 24.2. The van der Waals surface area contributed by atoms with Crippen molar-refractivity contribution in [1.82, 2.24) is 9.78 Å². The molecule has 0 saturated carbocycles. The molecule has 1 heterocycles. The Hall–Kier alpha value is -6.96. The van der Waals surface area contributed by atoms with Crippen molar-refractivity contribution in [2.45, 2.75) is 19.6 Å². The second-order valence-electron chi connectivity index (χ2n) is 13.2. The highest BCUT2D eigenvalue weighted by atomic mass is 32.2. The highest BCUT2D eigenvalue weighted by molar-refractivity contribution is 7.95. The first-order chi connectivity index (χ1) is 33.4. The maximum absolute atomic E-state index is 13.5. The number of methoxy groups -OCH3 is 1. The van der Waals surface area contributed by atoms with E-state index in [1.54, 1.807) is 0 Å². The zero-order valence-electron chi connectivity index (χ0n) is 34.9. The monoisotopic (exact) mass is 1050 g/mol. The van der Waals surface area contributed by atoms with Crippen molar-refractivity contribution in [1.29, 1.82) is 0 Å². The van der Waals surface area contributed by atoms with Crippen LogP contribution in [0.1, 0.15) is 10.5 Å². The van der Waals surface area contributed by atoms with E-state index in [1.807, 2.05) is 0 Å². The zero-order valence-corrected chi connectivity index (χ0v) is 38.2. The van der Waals surface area contributed by atoms with Gasteiger partial charge in [0.05, 0.1) is 55.0 Å². The second kappa shape index (κ2) is 23.1. The Labute approximate surface area is 399 Å². The molecule has 0 radical (unpaired) electrons. The van der Waals surface area contributed by atoms with Gasteiger partial charge in [-0.2, -0.15) is 16.8 Å². The number of carboxylic acid groups (broad SMARTS) is 1. The third-order valence-electron chi connectivity index (χ3n) is 8.86. The molecule has 370 valence electrons. The molecule has 0 spiro atoms. The summed E-state index contributed by atoms with van der Waals surface area (Å²) in [5.74, 6) is -2.81. The number of hydrogen-bond donors (Lipinski definition) is 9. The number of aliphatic hydroxyl groups is 2. The van der Waals surface area contributed by atoms with Gasteiger partial charge in [-0.3, -0.25) is 19.0 Å². The maximum Gasteiger partial charge on any atom is 0.356 e. The number of benzene rings is 5. The lowest BCUT2D eigenvalue weighted by atomic mass is 10.1. The lowest BCUT2D eigenvalue weighted by Gasteiger charge is -2.13. The Morgan fingerprint density at radius 3 is 1.83 bits per heavy atom. The highest BCUT2D eigenvalue weighted by Gasteiger charge is 2.25. The molecule has 29 nitrogen and oxygen atoms in total. The number of azo groups is 3. The third-order valence-corrected chi connectivity index (χ3v) is 11.8. The molecule has 0 fully saturated rings. The number of carbonyl (C=O) groups is 1. The molecule has 0 aliphatic carbocycles. The zero-order chi connectivity index (χ0) is 50.8. The number of aromatic carboxylic acids is 1. The van der Waals surface area contributed by atoms with Crippen LogP contribution in [0.25, 0.3) is 16.5 Å². The number of phenolic OH excluding ortho intramolecular Hbond substituents is 1. The van der Waals surface area contributed by atoms with Crippen LogP contribution in [0.15, 0.2) is 128 Å². The molecule has 33 heteroatoms. The molecule has 0 atom stereocenters. The Morgan fingerprint density at radius 2 is 1.26 bits per heavy atom. The van der Waals surface area contributed by atoms with Crippen molar-refractivity contribution in [3.8, 4) is 28.7 Å². The number of aromatic amines is 1. The van der Waals surface area contributed by atoms with Crippen LogP contribution in [0.5, 0.6) is 23.0 Å². The van der Waals surface area contributed by atoms with E-state index in [1.165, 1.54) is 49.6 Å². The number of aromatic hydroxyl groups is 1. The number of nitrogens with one attached hydrogen (secondary N) is 1. The third kappa shape index (κ3) is 12.4. The summed E-state index contributed by atoms with van der Waals surface area (Å²) in [7, 11) is -8.80. The molecule has 0 saturated heterocycles. The van der Waals surface area contributed by atoms with Crippen LogP contribution in [0.4, 0.5) is 34.1 Å². The molecule has 9 N–H and O–H groups in total. The predicted octanol–water partition coefficient (Wildman–Crippen LogP) is 7.07. The van der Waals surface area contributed by atoms with Crippen LogP contribution >= 0.6 is 24.1 Å². The molecule has 0 bridgehead atoms. The lowest BCUT2D eigenvalue weighted by molar-refractivity contribution is -0.432. The second-order valence-corrected chi connectivity index (χ2v) is 17.5. The number of fused-ring (bicyclic) bond motifs is 1. The highest BCUT2D eigenvalue weighted by Crippen LogP contribution is 2.48. The van der Waals surface area contributed by atoms with E-state index in [0.29, 0.717) is 16.9 Å². The molecule has 0 unspecified atom stereocenters. The van der Waals surface area contributed by atoms with Crippen molar-refractivity contribution < 1.29 is 94.6 Å². The minimum Gasteiger partial charge on any atom is -0.505 e. The standard InChI is InChI=1S/C37H32N8O21S4/c1-60-20-4-7-23(31(14-20)70(57,58)59)38-39-24-16-28(62-11-9-47)25(17-27(24)61-10-8-46)40-42-32-29(68-66-64-53)12-18-13-30(69(54,55)56)26(15-22(18)35(32)48)41-43-33-34(37(50)51)44-45(36(33)49)19-2-5-21(6-3-19)67-65-63-52/h2-7,12-17,44,46-48,52-53H,8-11H2,1H3,(H,50,51)(H,54,55,56)(H,57,58,59). The summed E-state index contributed by atoms with van der Waals surface area (Å²) >= 11 is 0.816. The van der Waals surface area contributed by atoms with Crippen molar-refractivity contribution in [2.75, 3.05) is 33.5 Å². The molecule has 1 aromatic heterocycles. The van der Waals surface area contributed by atoms with Crippen molar-refractivity contribution >= 4 is 95.2 Å². The summed E-state index contributed by atoms with van der Waals surface area (Å²) in [6.45, 7) is -1.73. The van der Waals surface area contributed by atoms with E-state index in [4.69, 9.17) is 24.7 Å². The van der Waals surface area contributed by atoms with E-state index in [2.05, 4.69) is 54.5 Å². The van der Waals surface area contributed by atoms with Crippen LogP contribution in [-0.2, 0) is 39.0 Å². The topological polar surface area (TPSA) is 424 Å². The lowest BCUT2D eigenvalue weighted by Crippen LogP contribution is -2.13. The number of aromatic nitrogens is 2. The molecule has 0 amide bonds. The van der Waals surface area contributed by atoms with Crippen LogP contribution in [-0.4, -0.2) is 106 Å². The molecule has 70 heavy (non-hydrogen) atoms. The van der Waals surface area contributed by atoms with Gasteiger partial charge in [-0.05, 0) is 60.0 Å². The molecule has 6 rings (SSSR count). The van der Waals surface area contributed by atoms with Gasteiger partial charge in [0, 0.05) is 28.5 Å². The smallest absolute Gasteiger partial charge is 0.356 e. The largest absolute Gasteiger partial charge is 0.505 e. The number of carboxylic acids is 1. The first-order valence-electron chi connectivity index (χ1n) is 18.8. The summed E-state index contributed by atoms with van der Waals surface area (Å²) in [5.41, 5.74) is -4.62. The van der Waals surface area contributed by atoms with Gasteiger partial charge in [-0.1, -0.05) is 10.1 Å². The average Bonchev–Trinajstić information content (AvgIpc) is 3.67. The molecule has 0 aliphatic heterocycles. The first-order valence-corrected chi connectivity index (χ1v) is 23.1. The summed E-state index contributed by atoms with van der Waals surface area (Å²) < 4.78 is 95.7. The number of aliphatic hydroxyl groups excluding tert-OH is 2. The van der Waals surface area contributed by atoms with E-state index in [9.17, 15) is 56.0 Å². The quantitative estimate of drug-likeness (QED) is 0.0102. The molecular weight excluding hydrogens is 1020 g/mol. The SMILES string of the molecule is COc1ccc(N=Nc2cc(OCCO)c(N=Nc3c(SOOO)cc4cc(S(=O)(=O)O)c(N=Nc5c(C(=O)O)[nH]n(-c6ccc(SOOO)cc6)c5=O)cc4c3O)cc2OCCO)c(S(=O)(=O)O)c1. The van der Waals surface area contributed by atoms with Crippen molar-refractivity contribution in [3.05, 3.63) is 88.8 Å². The van der Waals surface area contributed by atoms with E-state index >= 15 is 0 Å². The maximum atomic E-state index is 13.5. The van der Waals surface area contributed by atoms with Gasteiger partial charge in [0.1, 0.15) is 68.7 Å². The Bertz CT molecular complexity index is 3300. The minimum absolute atomic E-state index is 0.0658. The number of nitrogens with zero attached hydrogens (tertiary/aromatic N) is 7. The van der Waals surface area contributed by atoms with Crippen LogP contribution < -0.4 is 19.8 Å². The number of H-pyrrole nitrogens is 1. The fraction of sp³-hybridized carbons (Fsp3) is 0.135. The Morgan fingerprint density at radius 1 is 0.700 bits per heavy atom. The van der Waals surface area contributed by atoms with Crippen LogP contribution in [0.3, 0.4) is 0 Å². The van der Waals surface area contributed by atoms with Crippen molar-refractivity contribution in [3.63, 3.8) is 0 Å². The van der Waals surface area contributed by atoms with E-state index in [-0.39, 0.29) is 80.9 Å². The fourth-order valence-electron chi connectivity index (χ4n) is 5.88. The fourth-order valence-corrected chi connectivity index (χ4v) is 8.01. The molecule has 0 aliphatic rings. The van der Waals surface area contributed by atoms with Gasteiger partial charge in [0.2, 0.25) is 0 Å². The Kier molecular flexibility index (Phi) is 17.3. The normalized spacial score (nSPS) is 12.2. The summed E-state index contributed by atoms with van der Waals surface area (Å²) in [6, 6.07) is 14.2. The number of rotatable bonds is 23. The Balaban J connectivity index is 1.48. The molecular formula is C37H32N8O21S4. The van der Waals surface area contributed by atoms with Gasteiger partial charge in [0.25, 0.3) is 25.8 Å². The minimum atomic E-state index is -5.21. The summed E-state index contributed by atoms with van der Waals surface area (Å²) in [5, 5.41) is 90.9. The van der Waals surface area contributed by atoms with Crippen molar-refractivity contribution in [2.24, 2.45) is 30.7 Å². The van der Waals surface area contributed by atoms with Crippen LogP contribution in [0.2, 0.25) is 0 Å². The van der Waals surface area contributed by atoms with Gasteiger partial charge < -0.3 is 34.6 Å². The van der Waals surface area contributed by atoms with Gasteiger partial charge >= 0.3 is 5.97 Å².